The van der Waals surface area contributed by atoms with E-state index in [1.165, 1.54) is 5.52 Å². The number of rotatable bonds is 7. The minimum absolute atomic E-state index is 0.0907. The zero-order valence-corrected chi connectivity index (χ0v) is 12.7. The number of anilines is 1. The Balaban J connectivity index is 1.78. The van der Waals surface area contributed by atoms with Crippen LogP contribution in [0.25, 0.3) is 11.0 Å². The Morgan fingerprint density at radius 3 is 2.91 bits per heavy atom. The van der Waals surface area contributed by atoms with Crippen LogP contribution in [0, 0.1) is 0 Å². The van der Waals surface area contributed by atoms with E-state index in [0.29, 0.717) is 13.1 Å². The van der Waals surface area contributed by atoms with E-state index in [0.717, 1.165) is 30.0 Å². The number of aliphatic hydroxyl groups is 1. The van der Waals surface area contributed by atoms with Crippen molar-refractivity contribution in [2.24, 2.45) is 0 Å². The second-order valence-corrected chi connectivity index (χ2v) is 5.24. The summed E-state index contributed by atoms with van der Waals surface area (Å²) in [7, 11) is 0. The molecule has 3 rings (SSSR count). The molecule has 0 saturated carbocycles. The lowest BCUT2D eigenvalue weighted by atomic mass is 10.3. The fourth-order valence-electron chi connectivity index (χ4n) is 2.59. The van der Waals surface area contributed by atoms with Gasteiger partial charge in [0.05, 0.1) is 42.6 Å². The van der Waals surface area contributed by atoms with Crippen molar-refractivity contribution in [1.29, 1.82) is 0 Å². The summed E-state index contributed by atoms with van der Waals surface area (Å²) in [5.74, 6) is 1.03. The number of aliphatic hydroxyl groups excluding tert-OH is 1. The average molecular weight is 299 g/mol. The van der Waals surface area contributed by atoms with Gasteiger partial charge in [0, 0.05) is 12.7 Å². The van der Waals surface area contributed by atoms with Gasteiger partial charge < -0.3 is 15.0 Å². The van der Waals surface area contributed by atoms with E-state index in [1.54, 1.807) is 10.9 Å². The Kier molecular flexibility index (Phi) is 4.39. The summed E-state index contributed by atoms with van der Waals surface area (Å²) in [5.41, 5.74) is 3.14. The first-order valence-electron chi connectivity index (χ1n) is 7.63. The van der Waals surface area contributed by atoms with Crippen LogP contribution < -0.4 is 5.32 Å². The first-order valence-corrected chi connectivity index (χ1v) is 7.63. The van der Waals surface area contributed by atoms with E-state index in [2.05, 4.69) is 28.0 Å². The molecule has 0 bridgehead atoms. The number of aromatic nitrogens is 4. The lowest BCUT2D eigenvalue weighted by Gasteiger charge is -2.08. The van der Waals surface area contributed by atoms with Gasteiger partial charge in [-0.1, -0.05) is 19.1 Å². The van der Waals surface area contributed by atoms with Crippen LogP contribution in [0.5, 0.6) is 0 Å². The maximum absolute atomic E-state index is 8.92. The summed E-state index contributed by atoms with van der Waals surface area (Å²) in [6, 6.07) is 8.22. The summed E-state index contributed by atoms with van der Waals surface area (Å²) >= 11 is 0. The van der Waals surface area contributed by atoms with E-state index < -0.39 is 0 Å². The largest absolute Gasteiger partial charge is 0.394 e. The van der Waals surface area contributed by atoms with Gasteiger partial charge in [-0.3, -0.25) is 4.68 Å². The molecule has 2 heterocycles. The zero-order valence-electron chi connectivity index (χ0n) is 12.7. The molecule has 0 atom stereocenters. The van der Waals surface area contributed by atoms with Crippen molar-refractivity contribution >= 4 is 16.7 Å². The molecule has 0 radical (unpaired) electrons. The minimum Gasteiger partial charge on any atom is -0.394 e. The van der Waals surface area contributed by atoms with Gasteiger partial charge in [-0.05, 0) is 18.6 Å². The molecule has 2 N–H and O–H groups in total. The summed E-state index contributed by atoms with van der Waals surface area (Å²) in [6.45, 7) is 4.38. The SMILES string of the molecule is CCCn1c(CNc2cnn(CCO)c2)nc2ccccc21. The molecule has 6 heteroatoms. The molecule has 1 aromatic carbocycles. The number of hydrogen-bond acceptors (Lipinski definition) is 4. The Morgan fingerprint density at radius 1 is 1.23 bits per heavy atom. The second-order valence-electron chi connectivity index (χ2n) is 5.24. The highest BCUT2D eigenvalue weighted by atomic mass is 16.3. The number of imidazole rings is 1. The molecule has 2 aromatic heterocycles. The molecule has 0 amide bonds. The maximum atomic E-state index is 8.92. The van der Waals surface area contributed by atoms with Crippen LogP contribution in [-0.4, -0.2) is 31.0 Å². The Labute approximate surface area is 129 Å². The molecule has 0 aliphatic heterocycles. The number of nitrogens with one attached hydrogen (secondary N) is 1. The number of hydrogen-bond donors (Lipinski definition) is 2. The Hall–Kier alpha value is -2.34. The highest BCUT2D eigenvalue weighted by Gasteiger charge is 2.09. The van der Waals surface area contributed by atoms with Gasteiger partial charge in [-0.2, -0.15) is 5.10 Å². The molecule has 0 fully saturated rings. The third-order valence-electron chi connectivity index (χ3n) is 3.59. The first kappa shape index (κ1) is 14.6. The summed E-state index contributed by atoms with van der Waals surface area (Å²) in [4.78, 5) is 4.72. The van der Waals surface area contributed by atoms with E-state index in [9.17, 15) is 0 Å². The summed E-state index contributed by atoms with van der Waals surface area (Å²) in [6.07, 6.45) is 4.73. The second kappa shape index (κ2) is 6.62. The lowest BCUT2D eigenvalue weighted by Crippen LogP contribution is -2.08. The number of nitrogens with zero attached hydrogens (tertiary/aromatic N) is 4. The van der Waals surface area contributed by atoms with Crippen molar-refractivity contribution in [1.82, 2.24) is 19.3 Å². The van der Waals surface area contributed by atoms with Gasteiger partial charge in [0.25, 0.3) is 0 Å². The number of fused-ring (bicyclic) bond motifs is 1. The Bertz CT molecular complexity index is 746. The van der Waals surface area contributed by atoms with Crippen molar-refractivity contribution < 1.29 is 5.11 Å². The predicted octanol–water partition coefficient (Wildman–Crippen LogP) is 2.25. The molecular weight excluding hydrogens is 278 g/mol. The molecule has 6 nitrogen and oxygen atoms in total. The minimum atomic E-state index is 0.0907. The lowest BCUT2D eigenvalue weighted by molar-refractivity contribution is 0.269. The molecule has 0 unspecified atom stereocenters. The van der Waals surface area contributed by atoms with Gasteiger partial charge in [-0.25, -0.2) is 4.98 Å². The van der Waals surface area contributed by atoms with Crippen molar-refractivity contribution in [3.63, 3.8) is 0 Å². The number of benzene rings is 1. The van der Waals surface area contributed by atoms with Crippen molar-refractivity contribution in [3.8, 4) is 0 Å². The smallest absolute Gasteiger partial charge is 0.129 e. The van der Waals surface area contributed by atoms with Gasteiger partial charge >= 0.3 is 0 Å². The number of aryl methyl sites for hydroxylation is 1. The molecular formula is C16H21N5O. The van der Waals surface area contributed by atoms with Crippen molar-refractivity contribution in [3.05, 3.63) is 42.5 Å². The van der Waals surface area contributed by atoms with E-state index in [-0.39, 0.29) is 6.61 Å². The van der Waals surface area contributed by atoms with E-state index in [4.69, 9.17) is 10.1 Å². The predicted molar refractivity (Wildman–Crippen MR) is 86.7 cm³/mol. The van der Waals surface area contributed by atoms with Gasteiger partial charge in [0.1, 0.15) is 5.82 Å². The van der Waals surface area contributed by atoms with Gasteiger partial charge in [0.2, 0.25) is 0 Å². The van der Waals surface area contributed by atoms with Gasteiger partial charge in [0.15, 0.2) is 0 Å². The maximum Gasteiger partial charge on any atom is 0.129 e. The molecule has 22 heavy (non-hydrogen) atoms. The molecule has 116 valence electrons. The van der Waals surface area contributed by atoms with Crippen LogP contribution in [0.4, 0.5) is 5.69 Å². The Morgan fingerprint density at radius 2 is 2.09 bits per heavy atom. The van der Waals surface area contributed by atoms with Crippen LogP contribution in [0.15, 0.2) is 36.7 Å². The van der Waals surface area contributed by atoms with Crippen LogP contribution >= 0.6 is 0 Å². The fourth-order valence-corrected chi connectivity index (χ4v) is 2.59. The highest BCUT2D eigenvalue weighted by molar-refractivity contribution is 5.75. The molecule has 0 spiro atoms. The van der Waals surface area contributed by atoms with Crippen LogP contribution in [0.2, 0.25) is 0 Å². The summed E-state index contributed by atoms with van der Waals surface area (Å²) < 4.78 is 3.98. The number of para-hydroxylation sites is 2. The normalized spacial score (nSPS) is 11.2. The molecule has 0 aliphatic carbocycles. The van der Waals surface area contributed by atoms with Crippen molar-refractivity contribution in [2.45, 2.75) is 33.0 Å². The first-order chi connectivity index (χ1) is 10.8. The zero-order chi connectivity index (χ0) is 15.4. The van der Waals surface area contributed by atoms with Crippen molar-refractivity contribution in [2.75, 3.05) is 11.9 Å². The standard InChI is InChI=1S/C16H21N5O/c1-2-7-21-15-6-4-3-5-14(15)19-16(21)11-17-13-10-18-20(12-13)8-9-22/h3-6,10,12,17,22H,2,7-9,11H2,1H3. The van der Waals surface area contributed by atoms with Crippen LogP contribution in [-0.2, 0) is 19.6 Å². The van der Waals surface area contributed by atoms with E-state index in [1.807, 2.05) is 24.4 Å². The third-order valence-corrected chi connectivity index (χ3v) is 3.59. The topological polar surface area (TPSA) is 67.9 Å². The van der Waals surface area contributed by atoms with Crippen LogP contribution in [0.3, 0.4) is 0 Å². The molecule has 0 aliphatic rings. The quantitative estimate of drug-likeness (QED) is 0.702. The van der Waals surface area contributed by atoms with E-state index >= 15 is 0 Å². The average Bonchev–Trinajstić information content (AvgIpc) is 3.11. The summed E-state index contributed by atoms with van der Waals surface area (Å²) in [5, 5.41) is 16.5. The van der Waals surface area contributed by atoms with Gasteiger partial charge in [-0.15, -0.1) is 0 Å². The highest BCUT2D eigenvalue weighted by Crippen LogP contribution is 2.17. The third kappa shape index (κ3) is 2.96. The monoisotopic (exact) mass is 299 g/mol. The molecule has 3 aromatic rings. The molecule has 0 saturated heterocycles. The van der Waals surface area contributed by atoms with Crippen LogP contribution in [0.1, 0.15) is 19.2 Å². The fraction of sp³-hybridized carbons (Fsp3) is 0.375.